The fraction of sp³-hybridized carbons (Fsp3) is 0.231. The summed E-state index contributed by atoms with van der Waals surface area (Å²) in [4.78, 5) is 24.0. The highest BCUT2D eigenvalue weighted by Crippen LogP contribution is 2.09. The van der Waals surface area contributed by atoms with Gasteiger partial charge < -0.3 is 57.4 Å². The average molecular weight is 684 g/mol. The van der Waals surface area contributed by atoms with Gasteiger partial charge in [-0.05, 0) is 24.3 Å². The number of para-hydroxylation sites is 2. The van der Waals surface area contributed by atoms with Gasteiger partial charge in [-0.15, -0.1) is 0 Å². The molecule has 0 spiro atoms. The zero-order valence-electron chi connectivity index (χ0n) is 18.6. The van der Waals surface area contributed by atoms with Gasteiger partial charge in [-0.2, -0.15) is 9.13 Å². The number of nitrogens with zero attached hydrogens (tertiary/aromatic N) is 2. The summed E-state index contributed by atoms with van der Waals surface area (Å²) in [5.41, 5.74) is 2.16. The van der Waals surface area contributed by atoms with Crippen molar-refractivity contribution in [2.75, 3.05) is 13.2 Å². The van der Waals surface area contributed by atoms with E-state index in [1.165, 1.54) is 0 Å². The van der Waals surface area contributed by atoms with Crippen molar-refractivity contribution in [2.24, 2.45) is 0 Å². The van der Waals surface area contributed by atoms with Crippen LogP contribution in [0.1, 0.15) is 12.8 Å². The van der Waals surface area contributed by atoms with Gasteiger partial charge in [0.05, 0.1) is 12.8 Å². The van der Waals surface area contributed by atoms with Crippen LogP contribution in [0.2, 0.25) is 0 Å². The van der Waals surface area contributed by atoms with Crippen LogP contribution in [0.15, 0.2) is 85.2 Å². The molecule has 0 aliphatic carbocycles. The van der Waals surface area contributed by atoms with Crippen molar-refractivity contribution < 1.29 is 76.2 Å². The Hall–Kier alpha value is -2.34. The number of pyridine rings is 2. The molecule has 178 valence electrons. The molecule has 34 heavy (non-hydrogen) atoms. The molecule has 0 unspecified atom stereocenters. The first-order valence-corrected chi connectivity index (χ1v) is 10.8. The lowest BCUT2D eigenvalue weighted by molar-refractivity contribution is -0.672. The van der Waals surface area contributed by atoms with E-state index in [4.69, 9.17) is 9.47 Å². The number of halogens is 2. The molecule has 8 heteroatoms. The first-order valence-electron chi connectivity index (χ1n) is 10.8. The van der Waals surface area contributed by atoms with Crippen molar-refractivity contribution in [3.05, 3.63) is 85.2 Å². The minimum absolute atomic E-state index is 0. The fourth-order valence-electron chi connectivity index (χ4n) is 3.70. The van der Waals surface area contributed by atoms with Crippen LogP contribution in [0.25, 0.3) is 21.8 Å². The number of aromatic nitrogens is 2. The Balaban J connectivity index is 0.00000204. The Bertz CT molecular complexity index is 1140. The molecule has 0 aliphatic heterocycles. The van der Waals surface area contributed by atoms with Crippen LogP contribution in [0.4, 0.5) is 0 Å². The second-order valence-corrected chi connectivity index (χ2v) is 7.46. The molecule has 0 amide bonds. The van der Waals surface area contributed by atoms with Crippen LogP contribution >= 0.6 is 0 Å². The van der Waals surface area contributed by atoms with Gasteiger partial charge in [0.25, 0.3) is 0 Å². The normalized spacial score (nSPS) is 10.2. The molecule has 2 aromatic heterocycles. The Labute approximate surface area is 232 Å². The molecule has 4 rings (SSSR count). The summed E-state index contributed by atoms with van der Waals surface area (Å²) >= 11 is 0. The number of hydrogen-bond donors (Lipinski definition) is 0. The predicted molar refractivity (Wildman–Crippen MR) is 119 cm³/mol. The summed E-state index contributed by atoms with van der Waals surface area (Å²) in [6, 6.07) is 24.1. The molecule has 2 heterocycles. The van der Waals surface area contributed by atoms with Crippen LogP contribution < -0.4 is 57.1 Å². The molecule has 0 saturated carbocycles. The third-order valence-electron chi connectivity index (χ3n) is 5.30. The third-order valence-corrected chi connectivity index (χ3v) is 5.30. The lowest BCUT2D eigenvalue weighted by Crippen LogP contribution is -3.00. The van der Waals surface area contributed by atoms with E-state index in [1.807, 2.05) is 94.3 Å². The smallest absolute Gasteiger partial charge is 0.306 e. The number of benzene rings is 2. The van der Waals surface area contributed by atoms with E-state index in [9.17, 15) is 9.59 Å². The van der Waals surface area contributed by atoms with Crippen molar-refractivity contribution >= 4 is 33.7 Å². The van der Waals surface area contributed by atoms with Gasteiger partial charge in [-0.3, -0.25) is 9.59 Å². The quantitative estimate of drug-likeness (QED) is 0.108. The van der Waals surface area contributed by atoms with Gasteiger partial charge in [-0.1, -0.05) is 24.3 Å². The number of hydrogen-bond acceptors (Lipinski definition) is 4. The van der Waals surface area contributed by atoms with E-state index in [0.717, 1.165) is 21.8 Å². The standard InChI is InChI=1S/C26H26N2O4.2HI/c29-25(31-19-17-27-15-5-9-21-7-1-3-11-23(21)27)13-14-26(30)32-20-18-28-16-6-10-22-8-2-4-12-24(22)28;;/h1-12,15-16H,13-14,17-20H2;2*1H/q+2;;/p-2. The van der Waals surface area contributed by atoms with Gasteiger partial charge in [-0.25, -0.2) is 0 Å². The molecule has 0 saturated heterocycles. The second-order valence-electron chi connectivity index (χ2n) is 7.46. The Kier molecular flexibility index (Phi) is 11.6. The van der Waals surface area contributed by atoms with Crippen molar-refractivity contribution in [1.29, 1.82) is 0 Å². The molecule has 0 bridgehead atoms. The molecular weight excluding hydrogens is 658 g/mol. The average Bonchev–Trinajstić information content (AvgIpc) is 2.83. The first-order chi connectivity index (χ1) is 15.7. The predicted octanol–water partition coefficient (Wildman–Crippen LogP) is -2.86. The maximum absolute atomic E-state index is 12.0. The number of esters is 2. The molecule has 0 fully saturated rings. The van der Waals surface area contributed by atoms with Gasteiger partial charge in [0.2, 0.25) is 11.0 Å². The fourth-order valence-corrected chi connectivity index (χ4v) is 3.70. The van der Waals surface area contributed by atoms with Gasteiger partial charge in [0.1, 0.15) is 0 Å². The number of fused-ring (bicyclic) bond motifs is 2. The van der Waals surface area contributed by atoms with Crippen molar-refractivity contribution in [1.82, 2.24) is 0 Å². The van der Waals surface area contributed by atoms with Crippen molar-refractivity contribution in [3.63, 3.8) is 0 Å². The minimum Gasteiger partial charge on any atom is -1.00 e. The highest BCUT2D eigenvalue weighted by molar-refractivity contribution is 5.78. The van der Waals surface area contributed by atoms with Crippen LogP contribution in [0.3, 0.4) is 0 Å². The van der Waals surface area contributed by atoms with Crippen LogP contribution in [0, 0.1) is 0 Å². The van der Waals surface area contributed by atoms with Crippen molar-refractivity contribution in [3.8, 4) is 0 Å². The van der Waals surface area contributed by atoms with E-state index in [1.54, 1.807) is 0 Å². The molecular formula is C26H26I2N2O4. The largest absolute Gasteiger partial charge is 1.00 e. The minimum atomic E-state index is -0.397. The number of ether oxygens (including phenoxy) is 2. The number of rotatable bonds is 9. The van der Waals surface area contributed by atoms with Gasteiger partial charge in [0.15, 0.2) is 38.7 Å². The maximum atomic E-state index is 12.0. The maximum Gasteiger partial charge on any atom is 0.306 e. The first kappa shape index (κ1) is 27.9. The third kappa shape index (κ3) is 7.59. The summed E-state index contributed by atoms with van der Waals surface area (Å²) in [6.45, 7) is 1.62. The number of carbonyl (C=O) groups excluding carboxylic acids is 2. The molecule has 0 radical (unpaired) electrons. The molecule has 2 aromatic carbocycles. The highest BCUT2D eigenvalue weighted by atomic mass is 127. The lowest BCUT2D eigenvalue weighted by atomic mass is 10.2. The van der Waals surface area contributed by atoms with E-state index in [2.05, 4.69) is 0 Å². The monoisotopic (exact) mass is 684 g/mol. The molecule has 0 N–H and O–H groups in total. The van der Waals surface area contributed by atoms with E-state index in [-0.39, 0.29) is 74.0 Å². The van der Waals surface area contributed by atoms with E-state index in [0.29, 0.717) is 13.1 Å². The Morgan fingerprint density at radius 1 is 0.588 bits per heavy atom. The lowest BCUT2D eigenvalue weighted by Gasteiger charge is -2.05. The zero-order valence-corrected chi connectivity index (χ0v) is 22.9. The molecule has 6 nitrogen and oxygen atoms in total. The summed E-state index contributed by atoms with van der Waals surface area (Å²) < 4.78 is 14.7. The van der Waals surface area contributed by atoms with Gasteiger partial charge in [0, 0.05) is 35.0 Å². The summed E-state index contributed by atoms with van der Waals surface area (Å²) in [6.07, 6.45) is 3.95. The van der Waals surface area contributed by atoms with E-state index >= 15 is 0 Å². The van der Waals surface area contributed by atoms with Crippen molar-refractivity contribution in [2.45, 2.75) is 25.9 Å². The Morgan fingerprint density at radius 2 is 0.971 bits per heavy atom. The van der Waals surface area contributed by atoms with Crippen LogP contribution in [-0.2, 0) is 32.2 Å². The summed E-state index contributed by atoms with van der Waals surface area (Å²) in [5, 5.41) is 2.26. The summed E-state index contributed by atoms with van der Waals surface area (Å²) in [7, 11) is 0. The number of carbonyl (C=O) groups is 2. The second kappa shape index (κ2) is 14.1. The van der Waals surface area contributed by atoms with Crippen LogP contribution in [-0.4, -0.2) is 25.2 Å². The molecule has 4 aromatic rings. The summed E-state index contributed by atoms with van der Waals surface area (Å²) in [5.74, 6) is -0.794. The zero-order chi connectivity index (χ0) is 22.2. The Morgan fingerprint density at radius 3 is 1.41 bits per heavy atom. The van der Waals surface area contributed by atoms with Gasteiger partial charge >= 0.3 is 11.9 Å². The molecule has 0 atom stereocenters. The molecule has 0 aliphatic rings. The van der Waals surface area contributed by atoms with E-state index < -0.39 is 11.9 Å². The SMILES string of the molecule is O=C(CCC(=O)OCC[n+]1cccc2ccccc21)OCC[n+]1cccc2ccccc21.[I-].[I-]. The van der Waals surface area contributed by atoms with Crippen LogP contribution in [0.5, 0.6) is 0 Å². The topological polar surface area (TPSA) is 60.4 Å². The highest BCUT2D eigenvalue weighted by Gasteiger charge is 2.13.